The second-order valence-electron chi connectivity index (χ2n) is 5.11. The second kappa shape index (κ2) is 6.27. The summed E-state index contributed by atoms with van der Waals surface area (Å²) in [5.41, 5.74) is 2.02. The fraction of sp³-hybridized carbons (Fsp3) is 0.417. The van der Waals surface area contributed by atoms with Crippen molar-refractivity contribution in [1.29, 1.82) is 0 Å². The Morgan fingerprint density at radius 1 is 1.33 bits per heavy atom. The highest BCUT2D eigenvalue weighted by atomic mass is 16.6. The number of ether oxygens (including phenoxy) is 1. The summed E-state index contributed by atoms with van der Waals surface area (Å²) in [5.74, 6) is -1.51. The van der Waals surface area contributed by atoms with Crippen molar-refractivity contribution in [3.05, 3.63) is 27.7 Å². The number of pyridine rings is 1. The highest BCUT2D eigenvalue weighted by molar-refractivity contribution is 5.93. The Balaban J connectivity index is 2.75. The number of hydrogen-bond acceptors (Lipinski definition) is 6. The topological polar surface area (TPSA) is 141 Å². The SMILES string of the molecule is CC(C)(C)OC(=O)NNC(=O)c1cc(=O)c(O)c(CO)[nH]1. The first-order chi connectivity index (χ1) is 9.64. The molecule has 0 bridgehead atoms. The molecule has 1 aromatic heterocycles. The van der Waals surface area contributed by atoms with E-state index in [-0.39, 0.29) is 11.4 Å². The van der Waals surface area contributed by atoms with Crippen LogP contribution < -0.4 is 16.3 Å². The van der Waals surface area contributed by atoms with Gasteiger partial charge in [-0.25, -0.2) is 10.2 Å². The van der Waals surface area contributed by atoms with E-state index in [0.29, 0.717) is 0 Å². The number of aromatic amines is 1. The minimum absolute atomic E-state index is 0.204. The average Bonchev–Trinajstić information content (AvgIpc) is 2.37. The molecule has 0 saturated heterocycles. The summed E-state index contributed by atoms with van der Waals surface area (Å²) in [5, 5.41) is 18.3. The number of amides is 2. The Morgan fingerprint density at radius 2 is 1.95 bits per heavy atom. The fourth-order valence-electron chi connectivity index (χ4n) is 1.32. The lowest BCUT2D eigenvalue weighted by Crippen LogP contribution is -2.44. The minimum Gasteiger partial charge on any atom is -0.503 e. The number of H-pyrrole nitrogens is 1. The van der Waals surface area contributed by atoms with Gasteiger partial charge < -0.3 is 19.9 Å². The first kappa shape index (κ1) is 16.5. The number of carbonyl (C=O) groups is 2. The molecular formula is C12H17N3O6. The second-order valence-corrected chi connectivity index (χ2v) is 5.11. The number of aliphatic hydroxyl groups excluding tert-OH is 1. The van der Waals surface area contributed by atoms with Crippen LogP contribution in [0.1, 0.15) is 37.0 Å². The van der Waals surface area contributed by atoms with Crippen molar-refractivity contribution >= 4 is 12.0 Å². The molecular weight excluding hydrogens is 282 g/mol. The maximum Gasteiger partial charge on any atom is 0.426 e. The van der Waals surface area contributed by atoms with E-state index in [1.165, 1.54) is 0 Å². The van der Waals surface area contributed by atoms with Gasteiger partial charge in [0.15, 0.2) is 5.75 Å². The van der Waals surface area contributed by atoms with Crippen LogP contribution in [0.15, 0.2) is 10.9 Å². The van der Waals surface area contributed by atoms with Crippen LogP contribution in [0.5, 0.6) is 5.75 Å². The van der Waals surface area contributed by atoms with Gasteiger partial charge in [0.2, 0.25) is 5.43 Å². The number of aliphatic hydroxyl groups is 1. The summed E-state index contributed by atoms with van der Waals surface area (Å²) in [6.07, 6.45) is -0.876. The van der Waals surface area contributed by atoms with E-state index >= 15 is 0 Å². The Hall–Kier alpha value is -2.55. The lowest BCUT2D eigenvalue weighted by molar-refractivity contribution is 0.0483. The number of carbonyl (C=O) groups excluding carboxylic acids is 2. The van der Waals surface area contributed by atoms with E-state index < -0.39 is 35.4 Å². The van der Waals surface area contributed by atoms with Gasteiger partial charge in [0, 0.05) is 6.07 Å². The maximum absolute atomic E-state index is 11.7. The maximum atomic E-state index is 11.7. The van der Waals surface area contributed by atoms with Gasteiger partial charge in [-0.15, -0.1) is 0 Å². The zero-order valence-corrected chi connectivity index (χ0v) is 11.8. The van der Waals surface area contributed by atoms with Crippen LogP contribution in [0, 0.1) is 0 Å². The lowest BCUT2D eigenvalue weighted by Gasteiger charge is -2.19. The van der Waals surface area contributed by atoms with E-state index in [1.54, 1.807) is 20.8 Å². The summed E-state index contributed by atoms with van der Waals surface area (Å²) < 4.78 is 4.90. The zero-order valence-electron chi connectivity index (χ0n) is 11.8. The molecule has 1 rings (SSSR count). The fourth-order valence-corrected chi connectivity index (χ4v) is 1.32. The molecule has 21 heavy (non-hydrogen) atoms. The minimum atomic E-state index is -0.876. The van der Waals surface area contributed by atoms with Crippen molar-refractivity contribution in [3.8, 4) is 5.75 Å². The first-order valence-corrected chi connectivity index (χ1v) is 5.99. The Labute approximate surface area is 119 Å². The van der Waals surface area contributed by atoms with Gasteiger partial charge >= 0.3 is 6.09 Å². The van der Waals surface area contributed by atoms with Crippen LogP contribution in [0.25, 0.3) is 0 Å². The van der Waals surface area contributed by atoms with Crippen LogP contribution in [0.4, 0.5) is 4.79 Å². The first-order valence-electron chi connectivity index (χ1n) is 5.99. The number of hydrogen-bond donors (Lipinski definition) is 5. The summed E-state index contributed by atoms with van der Waals surface area (Å²) in [6, 6.07) is 0.834. The molecule has 0 aliphatic heterocycles. The third-order valence-electron chi connectivity index (χ3n) is 2.16. The normalized spacial score (nSPS) is 10.9. The van der Waals surface area contributed by atoms with Gasteiger partial charge in [0.05, 0.1) is 12.3 Å². The molecule has 116 valence electrons. The van der Waals surface area contributed by atoms with Crippen molar-refractivity contribution in [2.24, 2.45) is 0 Å². The standard InChI is InChI=1S/C12H17N3O6/c1-12(2,3)21-11(20)15-14-10(19)6-4-8(17)9(18)7(5-16)13-6/h4,16,18H,5H2,1-3H3,(H,13,17)(H,14,19)(H,15,20). The van der Waals surface area contributed by atoms with Crippen LogP contribution in [-0.2, 0) is 11.3 Å². The van der Waals surface area contributed by atoms with Gasteiger partial charge in [0.25, 0.3) is 5.91 Å². The van der Waals surface area contributed by atoms with Crippen molar-refractivity contribution in [2.45, 2.75) is 33.0 Å². The van der Waals surface area contributed by atoms with Gasteiger partial charge in [-0.2, -0.15) is 0 Å². The molecule has 5 N–H and O–H groups in total. The average molecular weight is 299 g/mol. The molecule has 9 heteroatoms. The van der Waals surface area contributed by atoms with Gasteiger partial charge in [-0.1, -0.05) is 0 Å². The number of hydrazine groups is 1. The molecule has 1 aromatic rings. The zero-order chi connectivity index (χ0) is 16.2. The molecule has 0 fully saturated rings. The predicted octanol–water partition coefficient (Wildman–Crippen LogP) is -0.258. The Morgan fingerprint density at radius 3 is 2.48 bits per heavy atom. The van der Waals surface area contributed by atoms with E-state index in [1.807, 2.05) is 10.9 Å². The predicted molar refractivity (Wildman–Crippen MR) is 71.5 cm³/mol. The summed E-state index contributed by atoms with van der Waals surface area (Å²) in [7, 11) is 0. The Kier molecular flexibility index (Phi) is 4.93. The molecule has 0 radical (unpaired) electrons. The van der Waals surface area contributed by atoms with Crippen molar-refractivity contribution < 1.29 is 24.5 Å². The Bertz CT molecular complexity index is 602. The quantitative estimate of drug-likeness (QED) is 0.477. The molecule has 0 unspecified atom stereocenters. The molecule has 1 heterocycles. The molecule has 2 amide bonds. The van der Waals surface area contributed by atoms with Crippen LogP contribution in [0.3, 0.4) is 0 Å². The van der Waals surface area contributed by atoms with Crippen LogP contribution >= 0.6 is 0 Å². The van der Waals surface area contributed by atoms with Crippen LogP contribution in [-0.4, -0.2) is 32.8 Å². The van der Waals surface area contributed by atoms with Crippen LogP contribution in [0.2, 0.25) is 0 Å². The van der Waals surface area contributed by atoms with E-state index in [4.69, 9.17) is 9.84 Å². The molecule has 0 saturated carbocycles. The van der Waals surface area contributed by atoms with E-state index in [0.717, 1.165) is 6.07 Å². The number of nitrogens with one attached hydrogen (secondary N) is 3. The van der Waals surface area contributed by atoms with Gasteiger partial charge in [-0.3, -0.25) is 15.0 Å². The van der Waals surface area contributed by atoms with Crippen molar-refractivity contribution in [1.82, 2.24) is 15.8 Å². The van der Waals surface area contributed by atoms with E-state index in [9.17, 15) is 19.5 Å². The molecule has 0 atom stereocenters. The molecule has 0 aliphatic rings. The smallest absolute Gasteiger partial charge is 0.426 e. The molecule has 0 aromatic carbocycles. The van der Waals surface area contributed by atoms with Crippen molar-refractivity contribution in [2.75, 3.05) is 0 Å². The third-order valence-corrected chi connectivity index (χ3v) is 2.16. The summed E-state index contributed by atoms with van der Waals surface area (Å²) >= 11 is 0. The number of aromatic nitrogens is 1. The van der Waals surface area contributed by atoms with Crippen molar-refractivity contribution in [3.63, 3.8) is 0 Å². The molecule has 9 nitrogen and oxygen atoms in total. The lowest BCUT2D eigenvalue weighted by atomic mass is 10.2. The summed E-state index contributed by atoms with van der Waals surface area (Å²) in [4.78, 5) is 36.8. The highest BCUT2D eigenvalue weighted by Crippen LogP contribution is 2.09. The number of rotatable bonds is 2. The summed E-state index contributed by atoms with van der Waals surface area (Å²) in [6.45, 7) is 4.31. The largest absolute Gasteiger partial charge is 0.503 e. The highest BCUT2D eigenvalue weighted by Gasteiger charge is 2.18. The third kappa shape index (κ3) is 4.80. The molecule has 0 spiro atoms. The van der Waals surface area contributed by atoms with Gasteiger partial charge in [-0.05, 0) is 20.8 Å². The van der Waals surface area contributed by atoms with E-state index in [2.05, 4.69) is 4.98 Å². The molecule has 0 aliphatic carbocycles. The van der Waals surface area contributed by atoms with Gasteiger partial charge in [0.1, 0.15) is 11.3 Å². The monoisotopic (exact) mass is 299 g/mol. The number of aromatic hydroxyl groups is 1.